The van der Waals surface area contributed by atoms with E-state index in [9.17, 15) is 10.1 Å². The highest BCUT2D eigenvalue weighted by Crippen LogP contribution is 2.19. The van der Waals surface area contributed by atoms with E-state index in [-0.39, 0.29) is 5.69 Å². The van der Waals surface area contributed by atoms with E-state index < -0.39 is 4.92 Å². The average molecular weight is 236 g/mol. The lowest BCUT2D eigenvalue weighted by Gasteiger charge is -2.04. The largest absolute Gasteiger partial charge is 0.383 e. The summed E-state index contributed by atoms with van der Waals surface area (Å²) in [7, 11) is 3.72. The van der Waals surface area contributed by atoms with Gasteiger partial charge in [-0.3, -0.25) is 10.1 Å². The molecule has 0 aliphatic heterocycles. The van der Waals surface area contributed by atoms with Crippen molar-refractivity contribution in [3.8, 4) is 0 Å². The topological polar surface area (TPSA) is 46.4 Å². The molecule has 0 aliphatic carbocycles. The summed E-state index contributed by atoms with van der Waals surface area (Å²) in [5.74, 6) is 0. The van der Waals surface area contributed by atoms with Crippen LogP contribution in [0.5, 0.6) is 0 Å². The molecule has 0 radical (unpaired) electrons. The number of thiocarbonyl (C=S) groups is 1. The summed E-state index contributed by atoms with van der Waals surface area (Å²) in [5.41, 5.74) is 0.511. The Morgan fingerprint density at radius 2 is 2.06 bits per heavy atom. The maximum atomic E-state index is 10.8. The normalized spacial score (nSPS) is 10.4. The Labute approximate surface area is 99.3 Å². The van der Waals surface area contributed by atoms with Crippen molar-refractivity contribution in [1.82, 2.24) is 4.90 Å². The lowest BCUT2D eigenvalue weighted by molar-refractivity contribution is -0.385. The van der Waals surface area contributed by atoms with E-state index in [2.05, 4.69) is 0 Å². The van der Waals surface area contributed by atoms with Crippen LogP contribution in [0, 0.1) is 10.1 Å². The minimum absolute atomic E-state index is 0.0379. The first-order valence-corrected chi connectivity index (χ1v) is 5.05. The molecule has 0 saturated carbocycles. The van der Waals surface area contributed by atoms with E-state index in [4.69, 9.17) is 12.2 Å². The molecular formula is C11H12N2O2S. The van der Waals surface area contributed by atoms with Gasteiger partial charge in [0.05, 0.1) is 15.4 Å². The van der Waals surface area contributed by atoms with Crippen LogP contribution in [0.25, 0.3) is 0 Å². The highest BCUT2D eigenvalue weighted by atomic mass is 32.1. The fraction of sp³-hybridized carbons (Fsp3) is 0.182. The summed E-state index contributed by atoms with van der Waals surface area (Å²) < 4.78 is 0. The van der Waals surface area contributed by atoms with Gasteiger partial charge in [0.1, 0.15) is 0 Å². The van der Waals surface area contributed by atoms with Gasteiger partial charge in [0.15, 0.2) is 0 Å². The van der Waals surface area contributed by atoms with E-state index in [1.807, 2.05) is 19.0 Å². The number of allylic oxidation sites excluding steroid dienone is 1. The van der Waals surface area contributed by atoms with Crippen molar-refractivity contribution < 1.29 is 4.92 Å². The Morgan fingerprint density at radius 3 is 2.62 bits per heavy atom. The number of para-hydroxylation sites is 1. The first kappa shape index (κ1) is 12.3. The minimum Gasteiger partial charge on any atom is -0.383 e. The van der Waals surface area contributed by atoms with Gasteiger partial charge in [-0.15, -0.1) is 0 Å². The first-order chi connectivity index (χ1) is 7.52. The molecule has 4 nitrogen and oxygen atoms in total. The number of nitrogens with zero attached hydrogens (tertiary/aromatic N) is 2. The number of hydrogen-bond donors (Lipinski definition) is 0. The number of benzene rings is 1. The quantitative estimate of drug-likeness (QED) is 0.265. The minimum atomic E-state index is -0.425. The van der Waals surface area contributed by atoms with Gasteiger partial charge < -0.3 is 4.90 Å². The van der Waals surface area contributed by atoms with Crippen molar-refractivity contribution in [2.24, 2.45) is 0 Å². The molecule has 0 fully saturated rings. The van der Waals surface area contributed by atoms with Crippen LogP contribution in [0.15, 0.2) is 36.5 Å². The number of hydrogen-bond acceptors (Lipinski definition) is 4. The second-order valence-corrected chi connectivity index (χ2v) is 3.86. The Hall–Kier alpha value is -1.75. The smallest absolute Gasteiger partial charge is 0.278 e. The van der Waals surface area contributed by atoms with Gasteiger partial charge in [-0.2, -0.15) is 0 Å². The summed E-state index contributed by atoms with van der Waals surface area (Å²) in [6.45, 7) is 0. The third kappa shape index (κ3) is 3.13. The molecule has 0 aliphatic rings. The average Bonchev–Trinajstić information content (AvgIpc) is 2.25. The van der Waals surface area contributed by atoms with Gasteiger partial charge in [-0.25, -0.2) is 0 Å². The molecule has 0 saturated heterocycles. The Bertz CT molecular complexity index is 441. The predicted octanol–water partition coefficient (Wildman–Crippen LogP) is 2.39. The van der Waals surface area contributed by atoms with Gasteiger partial charge in [-0.05, 0) is 18.3 Å². The van der Waals surface area contributed by atoms with Crippen LogP contribution in [0.4, 0.5) is 5.69 Å². The second kappa shape index (κ2) is 5.37. The lowest BCUT2D eigenvalue weighted by Crippen LogP contribution is -2.04. The Kier molecular flexibility index (Phi) is 4.13. The van der Waals surface area contributed by atoms with Crippen LogP contribution in [-0.4, -0.2) is 28.8 Å². The molecule has 0 aromatic heterocycles. The lowest BCUT2D eigenvalue weighted by atomic mass is 10.1. The highest BCUT2D eigenvalue weighted by molar-refractivity contribution is 7.81. The molecule has 84 valence electrons. The molecular weight excluding hydrogens is 224 g/mol. The molecule has 0 atom stereocenters. The second-order valence-electron chi connectivity index (χ2n) is 3.42. The standard InChI is InChI=1S/C11H12N2O2S/c1-12(2)8-7-11(16)9-5-3-4-6-10(9)13(14)15/h3-8H,1-2H3/b8-7+. The third-order valence-corrected chi connectivity index (χ3v) is 2.25. The van der Waals surface area contributed by atoms with Crippen LogP contribution in [0.3, 0.4) is 0 Å². The van der Waals surface area contributed by atoms with Crippen LogP contribution in [0.1, 0.15) is 5.56 Å². The molecule has 0 spiro atoms. The molecule has 0 heterocycles. The molecule has 1 rings (SSSR count). The zero-order valence-electron chi connectivity index (χ0n) is 9.08. The number of rotatable bonds is 4. The van der Waals surface area contributed by atoms with Crippen LogP contribution < -0.4 is 0 Å². The number of nitro groups is 1. The van der Waals surface area contributed by atoms with E-state index in [1.165, 1.54) is 6.07 Å². The fourth-order valence-electron chi connectivity index (χ4n) is 1.15. The van der Waals surface area contributed by atoms with E-state index in [0.717, 1.165) is 0 Å². The summed E-state index contributed by atoms with van der Waals surface area (Å²) in [4.78, 5) is 12.6. The third-order valence-electron chi connectivity index (χ3n) is 1.89. The van der Waals surface area contributed by atoms with E-state index >= 15 is 0 Å². The van der Waals surface area contributed by atoms with Gasteiger partial charge in [0, 0.05) is 20.2 Å². The van der Waals surface area contributed by atoms with Gasteiger partial charge in [-0.1, -0.05) is 24.4 Å². The molecule has 0 unspecified atom stereocenters. The Balaban J connectivity index is 3.04. The van der Waals surface area contributed by atoms with Crippen molar-refractivity contribution in [1.29, 1.82) is 0 Å². The van der Waals surface area contributed by atoms with Crippen molar-refractivity contribution >= 4 is 22.8 Å². The van der Waals surface area contributed by atoms with Gasteiger partial charge >= 0.3 is 0 Å². The maximum absolute atomic E-state index is 10.8. The maximum Gasteiger partial charge on any atom is 0.278 e. The molecule has 0 bridgehead atoms. The monoisotopic (exact) mass is 236 g/mol. The molecule has 0 N–H and O–H groups in total. The van der Waals surface area contributed by atoms with Gasteiger partial charge in [0.2, 0.25) is 0 Å². The summed E-state index contributed by atoms with van der Waals surface area (Å²) in [6, 6.07) is 6.46. The molecule has 16 heavy (non-hydrogen) atoms. The summed E-state index contributed by atoms with van der Waals surface area (Å²) in [6.07, 6.45) is 3.44. The van der Waals surface area contributed by atoms with E-state index in [0.29, 0.717) is 10.4 Å². The van der Waals surface area contributed by atoms with Crippen LogP contribution in [0.2, 0.25) is 0 Å². The van der Waals surface area contributed by atoms with Crippen LogP contribution in [-0.2, 0) is 0 Å². The van der Waals surface area contributed by atoms with Crippen molar-refractivity contribution in [3.63, 3.8) is 0 Å². The van der Waals surface area contributed by atoms with E-state index in [1.54, 1.807) is 30.5 Å². The zero-order valence-corrected chi connectivity index (χ0v) is 9.90. The SMILES string of the molecule is CN(C)/C=C/C(=S)c1ccccc1[N+](=O)[O-]. The zero-order chi connectivity index (χ0) is 12.1. The van der Waals surface area contributed by atoms with Crippen LogP contribution >= 0.6 is 12.2 Å². The van der Waals surface area contributed by atoms with Crippen molar-refractivity contribution in [3.05, 3.63) is 52.2 Å². The van der Waals surface area contributed by atoms with Crippen molar-refractivity contribution in [2.75, 3.05) is 14.1 Å². The van der Waals surface area contributed by atoms with Gasteiger partial charge in [0.25, 0.3) is 5.69 Å². The summed E-state index contributed by atoms with van der Waals surface area (Å²) >= 11 is 5.13. The highest BCUT2D eigenvalue weighted by Gasteiger charge is 2.14. The number of nitro benzene ring substituents is 1. The summed E-state index contributed by atoms with van der Waals surface area (Å²) in [5, 5.41) is 10.8. The first-order valence-electron chi connectivity index (χ1n) is 4.64. The predicted molar refractivity (Wildman–Crippen MR) is 67.6 cm³/mol. The molecule has 1 aromatic rings. The van der Waals surface area contributed by atoms with Crippen molar-refractivity contribution in [2.45, 2.75) is 0 Å². The molecule has 1 aromatic carbocycles. The fourth-order valence-corrected chi connectivity index (χ4v) is 1.38. The molecule has 0 amide bonds. The Morgan fingerprint density at radius 1 is 1.44 bits per heavy atom. The molecule has 5 heteroatoms.